The van der Waals surface area contributed by atoms with Gasteiger partial charge in [-0.05, 0) is 48.9 Å². The summed E-state index contributed by atoms with van der Waals surface area (Å²) in [6.45, 7) is 3.01. The van der Waals surface area contributed by atoms with Crippen molar-refractivity contribution < 1.29 is 13.9 Å². The third-order valence-electron chi connectivity index (χ3n) is 4.88. The number of aromatic nitrogens is 1. The van der Waals surface area contributed by atoms with Crippen LogP contribution in [0.1, 0.15) is 27.2 Å². The van der Waals surface area contributed by atoms with Crippen LogP contribution in [0.3, 0.4) is 0 Å². The fourth-order valence-electron chi connectivity index (χ4n) is 3.10. The molecule has 0 radical (unpaired) electrons. The van der Waals surface area contributed by atoms with Gasteiger partial charge in [-0.25, -0.2) is 4.98 Å². The first-order valence-corrected chi connectivity index (χ1v) is 10.2. The van der Waals surface area contributed by atoms with Crippen molar-refractivity contribution in [1.82, 2.24) is 10.3 Å². The number of nitrogens with one attached hydrogen (secondary N) is 1. The first kappa shape index (κ1) is 20.4. The molecule has 4 rings (SSSR count). The molecule has 31 heavy (non-hydrogen) atoms. The van der Waals surface area contributed by atoms with Crippen LogP contribution in [0.4, 0.5) is 0 Å². The maximum Gasteiger partial charge on any atom is 0.251 e. The van der Waals surface area contributed by atoms with Crippen molar-refractivity contribution in [2.45, 2.75) is 20.0 Å². The molecule has 0 spiro atoms. The third kappa shape index (κ3) is 5.60. The van der Waals surface area contributed by atoms with Crippen molar-refractivity contribution >= 4 is 5.91 Å². The SMILES string of the molecule is Cc1ccc(-c2nc(CCNC(=O)c3ccc(OCc4ccccc4)cc3)co2)cc1. The van der Waals surface area contributed by atoms with E-state index in [1.807, 2.05) is 73.7 Å². The minimum atomic E-state index is -0.128. The van der Waals surface area contributed by atoms with Gasteiger partial charge in [-0.1, -0.05) is 48.0 Å². The van der Waals surface area contributed by atoms with Gasteiger partial charge >= 0.3 is 0 Å². The Morgan fingerprint density at radius 3 is 2.45 bits per heavy atom. The summed E-state index contributed by atoms with van der Waals surface area (Å²) >= 11 is 0. The Labute approximate surface area is 181 Å². The van der Waals surface area contributed by atoms with Crippen molar-refractivity contribution in [3.05, 3.63) is 108 Å². The van der Waals surface area contributed by atoms with Crippen LogP contribution in [0.25, 0.3) is 11.5 Å². The molecule has 1 amide bonds. The molecule has 3 aromatic carbocycles. The smallest absolute Gasteiger partial charge is 0.251 e. The molecule has 0 aliphatic carbocycles. The van der Waals surface area contributed by atoms with Crippen LogP contribution < -0.4 is 10.1 Å². The standard InChI is InChI=1S/C26H24N2O3/c1-19-7-9-22(10-8-19)26-28-23(18-31-26)15-16-27-25(29)21-11-13-24(14-12-21)30-17-20-5-3-2-4-6-20/h2-14,18H,15-17H2,1H3,(H,27,29). The third-order valence-corrected chi connectivity index (χ3v) is 4.88. The highest BCUT2D eigenvalue weighted by atomic mass is 16.5. The molecule has 156 valence electrons. The minimum Gasteiger partial charge on any atom is -0.489 e. The zero-order valence-electron chi connectivity index (χ0n) is 17.4. The van der Waals surface area contributed by atoms with Gasteiger partial charge in [0.25, 0.3) is 5.91 Å². The largest absolute Gasteiger partial charge is 0.489 e. The second kappa shape index (κ2) is 9.76. The highest BCUT2D eigenvalue weighted by molar-refractivity contribution is 5.94. The van der Waals surface area contributed by atoms with Gasteiger partial charge in [0.2, 0.25) is 5.89 Å². The van der Waals surface area contributed by atoms with Crippen molar-refractivity contribution in [3.8, 4) is 17.2 Å². The summed E-state index contributed by atoms with van der Waals surface area (Å²) in [6.07, 6.45) is 2.24. The Morgan fingerprint density at radius 1 is 0.968 bits per heavy atom. The molecule has 4 aromatic rings. The molecule has 0 atom stereocenters. The topological polar surface area (TPSA) is 64.4 Å². The van der Waals surface area contributed by atoms with Crippen LogP contribution in [-0.2, 0) is 13.0 Å². The molecule has 1 N–H and O–H groups in total. The number of carbonyl (C=O) groups is 1. The average Bonchev–Trinajstić information content (AvgIpc) is 3.28. The van der Waals surface area contributed by atoms with Crippen LogP contribution >= 0.6 is 0 Å². The zero-order valence-corrected chi connectivity index (χ0v) is 17.4. The Hall–Kier alpha value is -3.86. The van der Waals surface area contributed by atoms with Gasteiger partial charge in [0.05, 0.1) is 5.69 Å². The Balaban J connectivity index is 1.25. The summed E-state index contributed by atoms with van der Waals surface area (Å²) in [5.74, 6) is 1.19. The zero-order chi connectivity index (χ0) is 21.5. The van der Waals surface area contributed by atoms with E-state index >= 15 is 0 Å². The van der Waals surface area contributed by atoms with Crippen LogP contribution in [-0.4, -0.2) is 17.4 Å². The normalized spacial score (nSPS) is 10.6. The summed E-state index contributed by atoms with van der Waals surface area (Å²) in [5.41, 5.74) is 4.63. The fraction of sp³-hybridized carbons (Fsp3) is 0.154. The molecule has 0 aliphatic rings. The number of carbonyl (C=O) groups excluding carboxylic acids is 1. The maximum atomic E-state index is 12.4. The molecular weight excluding hydrogens is 388 g/mol. The average molecular weight is 412 g/mol. The molecular formula is C26H24N2O3. The van der Waals surface area contributed by atoms with Gasteiger partial charge in [0, 0.05) is 24.1 Å². The van der Waals surface area contributed by atoms with E-state index in [2.05, 4.69) is 10.3 Å². The molecule has 1 aromatic heterocycles. The number of rotatable bonds is 8. The first-order valence-electron chi connectivity index (χ1n) is 10.2. The van der Waals surface area contributed by atoms with Crippen molar-refractivity contribution in [3.63, 3.8) is 0 Å². The predicted molar refractivity (Wildman–Crippen MR) is 120 cm³/mol. The molecule has 0 unspecified atom stereocenters. The molecule has 0 fully saturated rings. The van der Waals surface area contributed by atoms with Gasteiger partial charge in [-0.15, -0.1) is 0 Å². The number of benzene rings is 3. The van der Waals surface area contributed by atoms with E-state index in [4.69, 9.17) is 9.15 Å². The summed E-state index contributed by atoms with van der Waals surface area (Å²) in [4.78, 5) is 16.9. The number of amides is 1. The molecule has 0 saturated carbocycles. The summed E-state index contributed by atoms with van der Waals surface area (Å²) < 4.78 is 11.3. The number of aryl methyl sites for hydroxylation is 1. The molecule has 0 bridgehead atoms. The van der Waals surface area contributed by atoms with Crippen LogP contribution in [0.2, 0.25) is 0 Å². The lowest BCUT2D eigenvalue weighted by Crippen LogP contribution is -2.25. The fourth-order valence-corrected chi connectivity index (χ4v) is 3.10. The monoisotopic (exact) mass is 412 g/mol. The number of hydrogen-bond donors (Lipinski definition) is 1. The quantitative estimate of drug-likeness (QED) is 0.432. The van der Waals surface area contributed by atoms with E-state index in [0.29, 0.717) is 31.0 Å². The Kier molecular flexibility index (Phi) is 6.43. The number of hydrogen-bond acceptors (Lipinski definition) is 4. The Bertz CT molecular complexity index is 1120. The molecule has 5 heteroatoms. The second-order valence-electron chi connectivity index (χ2n) is 7.31. The molecule has 0 aliphatic heterocycles. The molecule has 1 heterocycles. The first-order chi connectivity index (χ1) is 15.2. The van der Waals surface area contributed by atoms with Gasteiger partial charge in [-0.3, -0.25) is 4.79 Å². The van der Waals surface area contributed by atoms with Crippen molar-refractivity contribution in [1.29, 1.82) is 0 Å². The second-order valence-corrected chi connectivity index (χ2v) is 7.31. The number of oxazole rings is 1. The summed E-state index contributed by atoms with van der Waals surface area (Å²) in [7, 11) is 0. The number of ether oxygens (including phenoxy) is 1. The van der Waals surface area contributed by atoms with E-state index in [0.717, 1.165) is 22.6 Å². The van der Waals surface area contributed by atoms with Gasteiger partial charge in [0.1, 0.15) is 18.6 Å². The van der Waals surface area contributed by atoms with E-state index in [-0.39, 0.29) is 5.91 Å². The van der Waals surface area contributed by atoms with E-state index in [1.54, 1.807) is 18.4 Å². The summed E-state index contributed by atoms with van der Waals surface area (Å²) in [5, 5.41) is 2.92. The van der Waals surface area contributed by atoms with E-state index < -0.39 is 0 Å². The predicted octanol–water partition coefficient (Wildman–Crippen LogP) is 5.20. The van der Waals surface area contributed by atoms with Crippen LogP contribution in [0, 0.1) is 6.92 Å². The van der Waals surface area contributed by atoms with Crippen LogP contribution in [0.15, 0.2) is 89.5 Å². The van der Waals surface area contributed by atoms with Crippen molar-refractivity contribution in [2.75, 3.05) is 6.54 Å². The number of nitrogens with zero attached hydrogens (tertiary/aromatic N) is 1. The lowest BCUT2D eigenvalue weighted by molar-refractivity contribution is 0.0954. The molecule has 0 saturated heterocycles. The minimum absolute atomic E-state index is 0.128. The van der Waals surface area contributed by atoms with Gasteiger partial charge in [-0.2, -0.15) is 0 Å². The molecule has 5 nitrogen and oxygen atoms in total. The maximum absolute atomic E-state index is 12.4. The summed E-state index contributed by atoms with van der Waals surface area (Å²) in [6, 6.07) is 25.1. The van der Waals surface area contributed by atoms with Crippen molar-refractivity contribution in [2.24, 2.45) is 0 Å². The van der Waals surface area contributed by atoms with E-state index in [1.165, 1.54) is 5.56 Å². The highest BCUT2D eigenvalue weighted by Crippen LogP contribution is 2.19. The van der Waals surface area contributed by atoms with Crippen LogP contribution in [0.5, 0.6) is 5.75 Å². The van der Waals surface area contributed by atoms with Gasteiger partial charge < -0.3 is 14.5 Å². The lowest BCUT2D eigenvalue weighted by Gasteiger charge is -2.08. The highest BCUT2D eigenvalue weighted by Gasteiger charge is 2.09. The van der Waals surface area contributed by atoms with E-state index in [9.17, 15) is 4.79 Å². The lowest BCUT2D eigenvalue weighted by atomic mass is 10.1. The van der Waals surface area contributed by atoms with Gasteiger partial charge in [0.15, 0.2) is 0 Å². The Morgan fingerprint density at radius 2 is 1.71 bits per heavy atom.